The Morgan fingerprint density at radius 2 is 0.961 bits per heavy atom. The standard InChI is InChI=1S/C45H88INO4/c1-8-10-12-14-16-18-20-22-24-26-28-30-32-34-36-47(37-35-33-31-29-27-25-23-21-19-17-15-13-11-9-2)41-42(51-44(4,5)46)39(3)49-43(41)40-38-48-45(6,7)50-40/h39-43H,8-38H2,1-7H3/t39-,40-,41+,42+,43-/m1/s1. The summed E-state index contributed by atoms with van der Waals surface area (Å²) in [6.07, 6.45) is 39.0. The maximum absolute atomic E-state index is 6.82. The topological polar surface area (TPSA) is 40.2 Å². The lowest BCUT2D eigenvalue weighted by Gasteiger charge is -2.38. The van der Waals surface area contributed by atoms with Gasteiger partial charge in [0.25, 0.3) is 0 Å². The minimum absolute atomic E-state index is 0.0208. The molecule has 51 heavy (non-hydrogen) atoms. The van der Waals surface area contributed by atoms with E-state index >= 15 is 0 Å². The highest BCUT2D eigenvalue weighted by Gasteiger charge is 2.53. The predicted octanol–water partition coefficient (Wildman–Crippen LogP) is 14.1. The molecule has 0 aromatic heterocycles. The fourth-order valence-corrected chi connectivity index (χ4v) is 8.68. The number of alkyl halides is 1. The Morgan fingerprint density at radius 3 is 1.27 bits per heavy atom. The van der Waals surface area contributed by atoms with Crippen LogP contribution in [0.25, 0.3) is 0 Å². The summed E-state index contributed by atoms with van der Waals surface area (Å²) in [6, 6.07) is 0.181. The highest BCUT2D eigenvalue weighted by atomic mass is 127. The molecule has 0 spiro atoms. The van der Waals surface area contributed by atoms with E-state index in [0.29, 0.717) is 6.61 Å². The van der Waals surface area contributed by atoms with Crippen molar-refractivity contribution in [3.05, 3.63) is 0 Å². The largest absolute Gasteiger partial charge is 0.368 e. The molecule has 5 nitrogen and oxygen atoms in total. The van der Waals surface area contributed by atoms with Gasteiger partial charge in [-0.2, -0.15) is 0 Å². The molecule has 2 aliphatic heterocycles. The molecule has 0 aliphatic carbocycles. The summed E-state index contributed by atoms with van der Waals surface area (Å²) >= 11 is 2.45. The van der Waals surface area contributed by atoms with Gasteiger partial charge in [0.2, 0.25) is 0 Å². The SMILES string of the molecule is CCCCCCCCCCCCCCCCN(CCCCCCCCCCCCCCCC)[C@H]1[C@@H](OC(C)(C)I)[C@@H](C)O[C@@H]1[C@H]1COC(C)(C)O1. The van der Waals surface area contributed by atoms with Gasteiger partial charge in [0, 0.05) is 0 Å². The second-order valence-electron chi connectivity index (χ2n) is 17.3. The molecule has 2 fully saturated rings. The van der Waals surface area contributed by atoms with Crippen LogP contribution in [0.3, 0.4) is 0 Å². The summed E-state index contributed by atoms with van der Waals surface area (Å²) in [6.45, 7) is 18.1. The summed E-state index contributed by atoms with van der Waals surface area (Å²) in [5, 5.41) is 0. The van der Waals surface area contributed by atoms with Gasteiger partial charge >= 0.3 is 0 Å². The normalized spacial score (nSPS) is 23.6. The van der Waals surface area contributed by atoms with Gasteiger partial charge in [-0.3, -0.25) is 4.90 Å². The molecule has 5 atom stereocenters. The molecule has 0 aromatic carbocycles. The zero-order valence-electron chi connectivity index (χ0n) is 35.3. The van der Waals surface area contributed by atoms with Gasteiger partial charge < -0.3 is 18.9 Å². The van der Waals surface area contributed by atoms with Crippen molar-refractivity contribution in [2.75, 3.05) is 19.7 Å². The number of unbranched alkanes of at least 4 members (excludes halogenated alkanes) is 26. The maximum atomic E-state index is 6.82. The molecule has 2 saturated heterocycles. The lowest BCUT2D eigenvalue weighted by atomic mass is 9.97. The Hall–Kier alpha value is 0.530. The first-order chi connectivity index (χ1) is 24.6. The van der Waals surface area contributed by atoms with Crippen LogP contribution >= 0.6 is 22.6 Å². The first kappa shape index (κ1) is 47.7. The highest BCUT2D eigenvalue weighted by molar-refractivity contribution is 14.1. The van der Waals surface area contributed by atoms with Gasteiger partial charge in [-0.05, 0) is 83.1 Å². The first-order valence-electron chi connectivity index (χ1n) is 22.7. The van der Waals surface area contributed by atoms with Crippen LogP contribution in [0.1, 0.15) is 228 Å². The summed E-state index contributed by atoms with van der Waals surface area (Å²) in [4.78, 5) is 2.76. The Labute approximate surface area is 332 Å². The Balaban J connectivity index is 1.83. The molecule has 2 rings (SSSR count). The average Bonchev–Trinajstić information content (AvgIpc) is 3.60. The lowest BCUT2D eigenvalue weighted by molar-refractivity contribution is -0.158. The van der Waals surface area contributed by atoms with E-state index in [1.165, 1.54) is 180 Å². The third kappa shape index (κ3) is 22.6. The number of rotatable bonds is 34. The van der Waals surface area contributed by atoms with Gasteiger partial charge in [-0.1, -0.05) is 181 Å². The van der Waals surface area contributed by atoms with E-state index in [-0.39, 0.29) is 34.1 Å². The van der Waals surface area contributed by atoms with Gasteiger partial charge in [0.05, 0.1) is 18.8 Å². The molecule has 0 amide bonds. The second-order valence-corrected chi connectivity index (χ2v) is 19.9. The summed E-state index contributed by atoms with van der Waals surface area (Å²) < 4.78 is 25.9. The first-order valence-corrected chi connectivity index (χ1v) is 23.7. The quantitative estimate of drug-likeness (QED) is 0.0367. The molecule has 2 aliphatic rings. The van der Waals surface area contributed by atoms with Gasteiger partial charge in [0.1, 0.15) is 21.9 Å². The fraction of sp³-hybridized carbons (Fsp3) is 1.00. The van der Waals surface area contributed by atoms with Crippen LogP contribution in [0.5, 0.6) is 0 Å². The Morgan fingerprint density at radius 1 is 0.608 bits per heavy atom. The van der Waals surface area contributed by atoms with Gasteiger partial charge in [-0.25, -0.2) is 0 Å². The van der Waals surface area contributed by atoms with Crippen molar-refractivity contribution in [1.29, 1.82) is 0 Å². The molecule has 0 bridgehead atoms. The fourth-order valence-electron chi connectivity index (χ4n) is 8.39. The van der Waals surface area contributed by atoms with Crippen molar-refractivity contribution in [2.24, 2.45) is 0 Å². The van der Waals surface area contributed by atoms with Gasteiger partial charge in [0.15, 0.2) is 5.79 Å². The van der Waals surface area contributed by atoms with Crippen molar-refractivity contribution in [2.45, 2.75) is 268 Å². The highest BCUT2D eigenvalue weighted by Crippen LogP contribution is 2.38. The van der Waals surface area contributed by atoms with Crippen molar-refractivity contribution >= 4 is 22.6 Å². The van der Waals surface area contributed by atoms with Crippen molar-refractivity contribution < 1.29 is 18.9 Å². The van der Waals surface area contributed by atoms with Crippen LogP contribution in [0.2, 0.25) is 0 Å². The van der Waals surface area contributed by atoms with E-state index in [2.05, 4.69) is 62.1 Å². The number of nitrogens with zero attached hydrogens (tertiary/aromatic N) is 1. The van der Waals surface area contributed by atoms with E-state index < -0.39 is 5.79 Å². The molecule has 0 saturated carbocycles. The molecule has 6 heteroatoms. The monoisotopic (exact) mass is 834 g/mol. The van der Waals surface area contributed by atoms with Crippen molar-refractivity contribution in [3.63, 3.8) is 0 Å². The third-order valence-electron chi connectivity index (χ3n) is 11.3. The van der Waals surface area contributed by atoms with Crippen LogP contribution in [-0.2, 0) is 18.9 Å². The Bertz CT molecular complexity index is 772. The minimum atomic E-state index is -0.558. The predicted molar refractivity (Wildman–Crippen MR) is 228 cm³/mol. The third-order valence-corrected chi connectivity index (χ3v) is 11.6. The summed E-state index contributed by atoms with van der Waals surface area (Å²) in [5.41, 5.74) is 0. The molecule has 0 aromatic rings. The van der Waals surface area contributed by atoms with E-state index in [4.69, 9.17) is 18.9 Å². The van der Waals surface area contributed by atoms with E-state index in [9.17, 15) is 0 Å². The molecule has 0 N–H and O–H groups in total. The minimum Gasteiger partial charge on any atom is -0.368 e. The number of hydrogen-bond donors (Lipinski definition) is 0. The van der Waals surface area contributed by atoms with E-state index in [1.807, 2.05) is 13.8 Å². The average molecular weight is 834 g/mol. The van der Waals surface area contributed by atoms with Crippen LogP contribution in [0.4, 0.5) is 0 Å². The lowest BCUT2D eigenvalue weighted by Crippen LogP contribution is -2.54. The van der Waals surface area contributed by atoms with Crippen LogP contribution < -0.4 is 0 Å². The molecular weight excluding hydrogens is 745 g/mol. The zero-order chi connectivity index (χ0) is 37.2. The number of ether oxygens (including phenoxy) is 4. The summed E-state index contributed by atoms with van der Waals surface area (Å²) in [7, 11) is 0. The van der Waals surface area contributed by atoms with Crippen LogP contribution in [0, 0.1) is 0 Å². The maximum Gasteiger partial charge on any atom is 0.163 e. The van der Waals surface area contributed by atoms with Crippen LogP contribution in [0.15, 0.2) is 0 Å². The Kier molecular flexibility index (Phi) is 27.0. The van der Waals surface area contributed by atoms with Crippen molar-refractivity contribution in [3.8, 4) is 0 Å². The van der Waals surface area contributed by atoms with E-state index in [1.54, 1.807) is 0 Å². The summed E-state index contributed by atoms with van der Waals surface area (Å²) in [5.74, 6) is -0.558. The smallest absolute Gasteiger partial charge is 0.163 e. The number of halogens is 1. The number of hydrogen-bond acceptors (Lipinski definition) is 5. The molecule has 0 radical (unpaired) electrons. The second kappa shape index (κ2) is 28.9. The van der Waals surface area contributed by atoms with Crippen LogP contribution in [-0.4, -0.2) is 64.4 Å². The van der Waals surface area contributed by atoms with Gasteiger partial charge in [-0.15, -0.1) is 0 Å². The van der Waals surface area contributed by atoms with Crippen molar-refractivity contribution in [1.82, 2.24) is 4.90 Å². The van der Waals surface area contributed by atoms with E-state index in [0.717, 1.165) is 13.1 Å². The zero-order valence-corrected chi connectivity index (χ0v) is 37.4. The molecule has 0 unspecified atom stereocenters. The molecule has 304 valence electrons. The molecular formula is C45H88INO4. The molecule has 2 heterocycles.